The SMILES string of the molecule is CN(C)CCN(C1CCCC1)S(=O)(=O)c1ccc(-n2[nH]cc(Cc3ccccc3)c2=O)nc1. The maximum Gasteiger partial charge on any atom is 0.276 e. The van der Waals surface area contributed by atoms with Crippen LogP contribution in [0.25, 0.3) is 5.82 Å². The minimum absolute atomic E-state index is 0.0289. The van der Waals surface area contributed by atoms with Gasteiger partial charge in [-0.25, -0.2) is 18.1 Å². The van der Waals surface area contributed by atoms with Crippen LogP contribution < -0.4 is 5.56 Å². The highest BCUT2D eigenvalue weighted by molar-refractivity contribution is 7.89. The van der Waals surface area contributed by atoms with Crippen molar-refractivity contribution in [2.45, 2.75) is 43.0 Å². The van der Waals surface area contributed by atoms with Gasteiger partial charge in [-0.15, -0.1) is 0 Å². The second-order valence-corrected chi connectivity index (χ2v) is 10.7. The van der Waals surface area contributed by atoms with E-state index < -0.39 is 10.0 Å². The summed E-state index contributed by atoms with van der Waals surface area (Å²) in [6.45, 7) is 1.10. The van der Waals surface area contributed by atoms with Crippen molar-refractivity contribution in [3.63, 3.8) is 0 Å². The molecule has 9 heteroatoms. The zero-order valence-corrected chi connectivity index (χ0v) is 20.0. The molecule has 1 fully saturated rings. The highest BCUT2D eigenvalue weighted by Crippen LogP contribution is 2.28. The predicted molar refractivity (Wildman–Crippen MR) is 128 cm³/mol. The molecule has 1 aliphatic carbocycles. The highest BCUT2D eigenvalue weighted by Gasteiger charge is 2.33. The van der Waals surface area contributed by atoms with E-state index >= 15 is 0 Å². The monoisotopic (exact) mass is 469 g/mol. The first-order valence-electron chi connectivity index (χ1n) is 11.3. The van der Waals surface area contributed by atoms with Crippen LogP contribution in [0.5, 0.6) is 0 Å². The first-order valence-corrected chi connectivity index (χ1v) is 12.8. The van der Waals surface area contributed by atoms with E-state index in [1.54, 1.807) is 22.6 Å². The summed E-state index contributed by atoms with van der Waals surface area (Å²) in [7, 11) is 0.203. The zero-order chi connectivity index (χ0) is 23.4. The molecular weight excluding hydrogens is 438 g/mol. The number of benzene rings is 1. The lowest BCUT2D eigenvalue weighted by Gasteiger charge is -2.29. The number of likely N-dealkylation sites (N-methyl/N-ethyl adjacent to an activating group) is 1. The van der Waals surface area contributed by atoms with Crippen LogP contribution in [0.3, 0.4) is 0 Å². The average Bonchev–Trinajstić information content (AvgIpc) is 3.45. The molecule has 0 spiro atoms. The van der Waals surface area contributed by atoms with E-state index in [9.17, 15) is 13.2 Å². The number of aromatic nitrogens is 3. The molecule has 2 heterocycles. The van der Waals surface area contributed by atoms with Gasteiger partial charge in [0.1, 0.15) is 4.90 Å². The molecule has 176 valence electrons. The number of pyridine rings is 1. The molecule has 1 aromatic carbocycles. The van der Waals surface area contributed by atoms with Gasteiger partial charge < -0.3 is 4.90 Å². The van der Waals surface area contributed by atoms with Crippen LogP contribution in [0.15, 0.2) is 64.5 Å². The van der Waals surface area contributed by atoms with Gasteiger partial charge in [-0.1, -0.05) is 43.2 Å². The molecule has 0 unspecified atom stereocenters. The summed E-state index contributed by atoms with van der Waals surface area (Å²) in [6.07, 6.45) is 7.42. The van der Waals surface area contributed by atoms with Gasteiger partial charge in [0.25, 0.3) is 5.56 Å². The number of sulfonamides is 1. The smallest absolute Gasteiger partial charge is 0.276 e. The van der Waals surface area contributed by atoms with Crippen molar-refractivity contribution in [3.8, 4) is 5.82 Å². The summed E-state index contributed by atoms with van der Waals surface area (Å²) in [5, 5.41) is 2.95. The largest absolute Gasteiger partial charge is 0.308 e. The number of hydrogen-bond acceptors (Lipinski definition) is 5. The lowest BCUT2D eigenvalue weighted by Crippen LogP contribution is -2.42. The molecule has 1 saturated carbocycles. The number of hydrogen-bond donors (Lipinski definition) is 1. The number of nitrogens with one attached hydrogen (secondary N) is 1. The quantitative estimate of drug-likeness (QED) is 0.520. The molecule has 0 aliphatic heterocycles. The number of aromatic amines is 1. The molecule has 33 heavy (non-hydrogen) atoms. The third-order valence-corrected chi connectivity index (χ3v) is 8.07. The van der Waals surface area contributed by atoms with Crippen LogP contribution >= 0.6 is 0 Å². The van der Waals surface area contributed by atoms with Crippen molar-refractivity contribution in [1.29, 1.82) is 0 Å². The molecule has 2 aromatic heterocycles. The predicted octanol–water partition coefficient (Wildman–Crippen LogP) is 2.65. The van der Waals surface area contributed by atoms with Crippen LogP contribution in [0.2, 0.25) is 0 Å². The Morgan fingerprint density at radius 2 is 1.79 bits per heavy atom. The van der Waals surface area contributed by atoms with Crippen LogP contribution in [-0.2, 0) is 16.4 Å². The van der Waals surface area contributed by atoms with E-state index in [1.165, 1.54) is 10.9 Å². The third-order valence-electron chi connectivity index (χ3n) is 6.14. The maximum absolute atomic E-state index is 13.4. The molecule has 0 bridgehead atoms. The summed E-state index contributed by atoms with van der Waals surface area (Å²) in [6, 6.07) is 12.9. The van der Waals surface area contributed by atoms with Gasteiger partial charge >= 0.3 is 0 Å². The Labute approximate surface area is 194 Å². The van der Waals surface area contributed by atoms with Crippen LogP contribution in [0, 0.1) is 0 Å². The van der Waals surface area contributed by atoms with Gasteiger partial charge in [-0.2, -0.15) is 4.31 Å². The Kier molecular flexibility index (Phi) is 7.11. The molecular formula is C24H31N5O3S. The summed E-state index contributed by atoms with van der Waals surface area (Å²) in [5.41, 5.74) is 1.47. The molecule has 1 aliphatic rings. The fourth-order valence-corrected chi connectivity index (χ4v) is 5.92. The van der Waals surface area contributed by atoms with Gasteiger partial charge in [0.2, 0.25) is 10.0 Å². The van der Waals surface area contributed by atoms with Crippen molar-refractivity contribution >= 4 is 10.0 Å². The number of rotatable bonds is 9. The fourth-order valence-electron chi connectivity index (χ4n) is 4.30. The van der Waals surface area contributed by atoms with E-state index in [-0.39, 0.29) is 16.5 Å². The zero-order valence-electron chi connectivity index (χ0n) is 19.1. The fraction of sp³-hybridized carbons (Fsp3) is 0.417. The van der Waals surface area contributed by atoms with Crippen molar-refractivity contribution in [2.24, 2.45) is 0 Å². The molecule has 1 N–H and O–H groups in total. The first kappa shape index (κ1) is 23.4. The Morgan fingerprint density at radius 3 is 2.42 bits per heavy atom. The van der Waals surface area contributed by atoms with E-state index in [2.05, 4.69) is 10.1 Å². The van der Waals surface area contributed by atoms with E-state index in [0.29, 0.717) is 30.9 Å². The summed E-state index contributed by atoms with van der Waals surface area (Å²) in [4.78, 5) is 19.3. The molecule has 0 radical (unpaired) electrons. The minimum Gasteiger partial charge on any atom is -0.308 e. The Bertz CT molecular complexity index is 1210. The normalized spacial score (nSPS) is 15.0. The van der Waals surface area contributed by atoms with Crippen molar-refractivity contribution < 1.29 is 8.42 Å². The molecule has 0 atom stereocenters. The number of nitrogens with zero attached hydrogens (tertiary/aromatic N) is 4. The maximum atomic E-state index is 13.4. The van der Waals surface area contributed by atoms with Gasteiger partial charge in [0.05, 0.1) is 0 Å². The topological polar surface area (TPSA) is 91.3 Å². The molecule has 4 rings (SSSR count). The highest BCUT2D eigenvalue weighted by atomic mass is 32.2. The Morgan fingerprint density at radius 1 is 1.06 bits per heavy atom. The lowest BCUT2D eigenvalue weighted by molar-refractivity contribution is 0.282. The van der Waals surface area contributed by atoms with Crippen molar-refractivity contribution in [3.05, 3.63) is 76.3 Å². The van der Waals surface area contributed by atoms with Gasteiger partial charge in [-0.05, 0) is 44.6 Å². The summed E-state index contributed by atoms with van der Waals surface area (Å²) >= 11 is 0. The molecule has 8 nitrogen and oxygen atoms in total. The number of H-pyrrole nitrogens is 1. The van der Waals surface area contributed by atoms with Gasteiger partial charge in [0.15, 0.2) is 5.82 Å². The second kappa shape index (κ2) is 10.0. The second-order valence-electron chi connectivity index (χ2n) is 8.81. The molecule has 0 amide bonds. The van der Waals surface area contributed by atoms with Crippen LogP contribution in [-0.4, -0.2) is 65.6 Å². The Balaban J connectivity index is 1.56. The minimum atomic E-state index is -3.68. The molecule has 0 saturated heterocycles. The summed E-state index contributed by atoms with van der Waals surface area (Å²) < 4.78 is 29.9. The third kappa shape index (κ3) is 5.26. The standard InChI is InChI=1S/C24H31N5O3S/c1-27(2)14-15-28(21-10-6-7-11-21)33(31,32)22-12-13-23(25-18-22)29-24(30)20(17-26-29)16-19-8-4-3-5-9-19/h3-5,8-9,12-13,17-18,21,26H,6-7,10-11,14-16H2,1-2H3. The molecule has 3 aromatic rings. The van der Waals surface area contributed by atoms with E-state index in [4.69, 9.17) is 0 Å². The summed E-state index contributed by atoms with van der Waals surface area (Å²) in [5.74, 6) is 0.360. The first-order chi connectivity index (χ1) is 15.9. The van der Waals surface area contributed by atoms with Gasteiger partial charge in [-0.3, -0.25) is 9.89 Å². The van der Waals surface area contributed by atoms with Crippen LogP contribution in [0.1, 0.15) is 36.8 Å². The van der Waals surface area contributed by atoms with Crippen molar-refractivity contribution in [1.82, 2.24) is 24.0 Å². The van der Waals surface area contributed by atoms with E-state index in [0.717, 1.165) is 31.2 Å². The van der Waals surface area contributed by atoms with Crippen LogP contribution in [0.4, 0.5) is 0 Å². The lowest BCUT2D eigenvalue weighted by atomic mass is 10.1. The van der Waals surface area contributed by atoms with Crippen molar-refractivity contribution in [2.75, 3.05) is 27.2 Å². The van der Waals surface area contributed by atoms with Gasteiger partial charge in [0, 0.05) is 43.5 Å². The van der Waals surface area contributed by atoms with E-state index in [1.807, 2.05) is 49.3 Å². The average molecular weight is 470 g/mol. The Hall–Kier alpha value is -2.75.